The lowest BCUT2D eigenvalue weighted by Crippen LogP contribution is -2.20. The van der Waals surface area contributed by atoms with Crippen molar-refractivity contribution in [1.29, 1.82) is 0 Å². The summed E-state index contributed by atoms with van der Waals surface area (Å²) in [7, 11) is 0. The number of benzene rings is 4. The van der Waals surface area contributed by atoms with Crippen molar-refractivity contribution in [2.24, 2.45) is 10.2 Å². The van der Waals surface area contributed by atoms with E-state index in [4.69, 9.17) is 0 Å². The lowest BCUT2D eigenvalue weighted by atomic mass is 10.1. The van der Waals surface area contributed by atoms with E-state index in [0.717, 1.165) is 22.1 Å². The number of azo groups is 1. The van der Waals surface area contributed by atoms with Crippen LogP contribution in [0.4, 0.5) is 40.1 Å². The Morgan fingerprint density at radius 1 is 0.838 bits per heavy atom. The SMILES string of the molecule is CCN(c1ncnc(Nc2ccc(N=Nc3ccccc3)cc2)c1[N+](=O)[O-])c1cccc2ccccc12. The van der Waals surface area contributed by atoms with E-state index in [9.17, 15) is 10.1 Å². The Hall–Kier alpha value is -5.18. The van der Waals surface area contributed by atoms with E-state index in [1.54, 1.807) is 24.3 Å². The molecule has 5 rings (SSSR count). The van der Waals surface area contributed by atoms with Gasteiger partial charge < -0.3 is 10.2 Å². The number of hydrogen-bond donors (Lipinski definition) is 1. The lowest BCUT2D eigenvalue weighted by molar-refractivity contribution is -0.383. The second kappa shape index (κ2) is 10.6. The van der Waals surface area contributed by atoms with Gasteiger partial charge in [-0.1, -0.05) is 54.6 Å². The molecule has 1 N–H and O–H groups in total. The van der Waals surface area contributed by atoms with Crippen LogP contribution in [0.3, 0.4) is 0 Å². The third-order valence-corrected chi connectivity index (χ3v) is 5.78. The molecule has 0 saturated carbocycles. The molecule has 0 unspecified atom stereocenters. The molecule has 182 valence electrons. The lowest BCUT2D eigenvalue weighted by Gasteiger charge is -2.24. The summed E-state index contributed by atoms with van der Waals surface area (Å²) in [5, 5.41) is 25.8. The second-order valence-corrected chi connectivity index (χ2v) is 8.10. The normalized spacial score (nSPS) is 11.1. The van der Waals surface area contributed by atoms with Crippen LogP contribution in [0, 0.1) is 10.1 Å². The fourth-order valence-electron chi connectivity index (χ4n) is 4.06. The van der Waals surface area contributed by atoms with E-state index in [0.29, 0.717) is 17.9 Å². The van der Waals surface area contributed by atoms with Gasteiger partial charge in [0.2, 0.25) is 11.6 Å². The summed E-state index contributed by atoms with van der Waals surface area (Å²) in [5.41, 5.74) is 2.66. The van der Waals surface area contributed by atoms with Crippen LogP contribution in [-0.2, 0) is 0 Å². The molecule has 0 fully saturated rings. The van der Waals surface area contributed by atoms with Crippen molar-refractivity contribution in [1.82, 2.24) is 9.97 Å². The van der Waals surface area contributed by atoms with Crippen LogP contribution in [0.25, 0.3) is 10.8 Å². The fraction of sp³-hybridized carbons (Fsp3) is 0.0714. The van der Waals surface area contributed by atoms with Crippen LogP contribution in [0.15, 0.2) is 114 Å². The van der Waals surface area contributed by atoms with E-state index in [1.165, 1.54) is 6.33 Å². The van der Waals surface area contributed by atoms with E-state index in [-0.39, 0.29) is 17.3 Å². The molecule has 9 nitrogen and oxygen atoms in total. The van der Waals surface area contributed by atoms with Gasteiger partial charge in [0.1, 0.15) is 6.33 Å². The maximum Gasteiger partial charge on any atom is 0.354 e. The highest BCUT2D eigenvalue weighted by molar-refractivity contribution is 5.97. The maximum atomic E-state index is 12.3. The van der Waals surface area contributed by atoms with Crippen LogP contribution in [0.2, 0.25) is 0 Å². The first-order valence-electron chi connectivity index (χ1n) is 11.7. The van der Waals surface area contributed by atoms with E-state index < -0.39 is 4.92 Å². The molecule has 4 aromatic carbocycles. The quantitative estimate of drug-likeness (QED) is 0.135. The van der Waals surface area contributed by atoms with Gasteiger partial charge in [-0.15, -0.1) is 0 Å². The van der Waals surface area contributed by atoms with E-state index in [2.05, 4.69) is 25.5 Å². The second-order valence-electron chi connectivity index (χ2n) is 8.10. The Bertz CT molecular complexity index is 1570. The number of hydrogen-bond acceptors (Lipinski definition) is 8. The number of rotatable bonds is 8. The largest absolute Gasteiger partial charge is 0.354 e. The molecule has 37 heavy (non-hydrogen) atoms. The van der Waals surface area contributed by atoms with Crippen LogP contribution in [-0.4, -0.2) is 21.4 Å². The molecule has 0 saturated heterocycles. The number of nitro groups is 1. The van der Waals surface area contributed by atoms with Gasteiger partial charge in [-0.25, -0.2) is 9.97 Å². The number of nitrogens with zero attached hydrogens (tertiary/aromatic N) is 6. The summed E-state index contributed by atoms with van der Waals surface area (Å²) in [6, 6.07) is 30.3. The summed E-state index contributed by atoms with van der Waals surface area (Å²) in [6.45, 7) is 2.41. The van der Waals surface area contributed by atoms with Gasteiger partial charge in [-0.05, 0) is 54.8 Å². The molecule has 0 amide bonds. The summed E-state index contributed by atoms with van der Waals surface area (Å²) in [4.78, 5) is 22.2. The highest BCUT2D eigenvalue weighted by Crippen LogP contribution is 2.39. The van der Waals surface area contributed by atoms with Gasteiger partial charge in [0.05, 0.1) is 22.0 Å². The minimum absolute atomic E-state index is 0.104. The molecular formula is C28H23N7O2. The summed E-state index contributed by atoms with van der Waals surface area (Å²) < 4.78 is 0. The molecule has 9 heteroatoms. The Morgan fingerprint density at radius 3 is 2.24 bits per heavy atom. The number of aromatic nitrogens is 2. The highest BCUT2D eigenvalue weighted by Gasteiger charge is 2.28. The van der Waals surface area contributed by atoms with Crippen molar-refractivity contribution in [2.75, 3.05) is 16.8 Å². The third kappa shape index (κ3) is 5.10. The molecule has 0 spiro atoms. The van der Waals surface area contributed by atoms with Crippen LogP contribution >= 0.6 is 0 Å². The van der Waals surface area contributed by atoms with E-state index >= 15 is 0 Å². The average molecular weight is 490 g/mol. The van der Waals surface area contributed by atoms with Gasteiger partial charge in [-0.3, -0.25) is 10.1 Å². The molecule has 0 aliphatic rings. The number of fused-ring (bicyclic) bond motifs is 1. The molecular weight excluding hydrogens is 466 g/mol. The van der Waals surface area contributed by atoms with Crippen molar-refractivity contribution in [3.63, 3.8) is 0 Å². The Kier molecular flexibility index (Phi) is 6.76. The van der Waals surface area contributed by atoms with E-state index in [1.807, 2.05) is 84.6 Å². The van der Waals surface area contributed by atoms with Crippen LogP contribution in [0.1, 0.15) is 6.92 Å². The predicted octanol–water partition coefficient (Wildman–Crippen LogP) is 7.86. The highest BCUT2D eigenvalue weighted by atomic mass is 16.6. The molecule has 5 aromatic rings. The maximum absolute atomic E-state index is 12.3. The molecule has 1 heterocycles. The standard InChI is InChI=1S/C28H23N7O2/c1-2-34(25-14-8-10-20-9-6-7-13-24(20)25)28-26(35(36)37)27(29-19-30-28)31-21-15-17-23(18-16-21)33-32-22-11-4-3-5-12-22/h3-19H,2H2,1H3,(H,29,30,31). The Labute approximate surface area is 213 Å². The molecule has 0 aliphatic heterocycles. The molecule has 0 bridgehead atoms. The van der Waals surface area contributed by atoms with Crippen molar-refractivity contribution in [2.45, 2.75) is 6.92 Å². The molecule has 1 aromatic heterocycles. The van der Waals surface area contributed by atoms with Crippen LogP contribution < -0.4 is 10.2 Å². The predicted molar refractivity (Wildman–Crippen MR) is 146 cm³/mol. The topological polar surface area (TPSA) is 109 Å². The van der Waals surface area contributed by atoms with Gasteiger partial charge in [0.25, 0.3) is 0 Å². The average Bonchev–Trinajstić information content (AvgIpc) is 2.94. The zero-order valence-electron chi connectivity index (χ0n) is 20.0. The van der Waals surface area contributed by atoms with Crippen molar-refractivity contribution in [3.8, 4) is 0 Å². The number of nitrogens with one attached hydrogen (secondary N) is 1. The summed E-state index contributed by atoms with van der Waals surface area (Å²) >= 11 is 0. The molecule has 0 atom stereocenters. The first-order chi connectivity index (χ1) is 18.1. The smallest absolute Gasteiger partial charge is 0.334 e. The van der Waals surface area contributed by atoms with Crippen LogP contribution in [0.5, 0.6) is 0 Å². The van der Waals surface area contributed by atoms with Gasteiger partial charge in [-0.2, -0.15) is 10.2 Å². The third-order valence-electron chi connectivity index (χ3n) is 5.78. The zero-order valence-corrected chi connectivity index (χ0v) is 20.0. The number of anilines is 4. The molecule has 0 radical (unpaired) electrons. The first kappa shape index (κ1) is 23.6. The molecule has 0 aliphatic carbocycles. The zero-order chi connectivity index (χ0) is 25.6. The van der Waals surface area contributed by atoms with Gasteiger partial charge >= 0.3 is 5.69 Å². The first-order valence-corrected chi connectivity index (χ1v) is 11.7. The fourth-order valence-corrected chi connectivity index (χ4v) is 4.06. The Morgan fingerprint density at radius 2 is 1.51 bits per heavy atom. The van der Waals surface area contributed by atoms with Crippen molar-refractivity contribution < 1.29 is 4.92 Å². The summed E-state index contributed by atoms with van der Waals surface area (Å²) in [5.74, 6) is 0.321. The van der Waals surface area contributed by atoms with Gasteiger partial charge in [0, 0.05) is 17.6 Å². The summed E-state index contributed by atoms with van der Waals surface area (Å²) in [6.07, 6.45) is 1.33. The minimum atomic E-state index is -0.450. The van der Waals surface area contributed by atoms with Crippen molar-refractivity contribution >= 4 is 50.8 Å². The minimum Gasteiger partial charge on any atom is -0.334 e. The monoisotopic (exact) mass is 489 g/mol. The van der Waals surface area contributed by atoms with Crippen molar-refractivity contribution in [3.05, 3.63) is 114 Å². The Balaban J connectivity index is 1.46. The van der Waals surface area contributed by atoms with Gasteiger partial charge in [0.15, 0.2) is 0 Å².